The molecule has 1 aromatic carbocycles. The molecule has 0 atom stereocenters. The van der Waals surface area contributed by atoms with Gasteiger partial charge >= 0.3 is 0 Å². The Labute approximate surface area is 137 Å². The van der Waals surface area contributed by atoms with Gasteiger partial charge < -0.3 is 5.32 Å². The number of piperazine rings is 1. The standard InChI is InChI=1S/C16H23N3O3S/c20-16(17-12-14-6-7-14)13-18-8-10-19(11-9-18)23(21,22)15-4-2-1-3-5-15/h1-5,14H,6-13H2,(H,17,20). The van der Waals surface area contributed by atoms with Crippen LogP contribution < -0.4 is 5.32 Å². The van der Waals surface area contributed by atoms with Gasteiger partial charge in [0.05, 0.1) is 11.4 Å². The van der Waals surface area contributed by atoms with Crippen molar-refractivity contribution in [3.8, 4) is 0 Å². The number of rotatable bonds is 6. The number of carbonyl (C=O) groups excluding carboxylic acids is 1. The molecule has 6 nitrogen and oxygen atoms in total. The molecule has 0 aromatic heterocycles. The van der Waals surface area contributed by atoms with Crippen molar-refractivity contribution in [2.24, 2.45) is 5.92 Å². The Morgan fingerprint density at radius 3 is 2.35 bits per heavy atom. The summed E-state index contributed by atoms with van der Waals surface area (Å²) >= 11 is 0. The van der Waals surface area contributed by atoms with Gasteiger partial charge in [0.2, 0.25) is 15.9 Å². The van der Waals surface area contributed by atoms with Crippen LogP contribution in [-0.4, -0.2) is 62.8 Å². The molecule has 1 heterocycles. The predicted octanol–water partition coefficient (Wildman–Crippen LogP) is 0.519. The number of hydrogen-bond donors (Lipinski definition) is 1. The zero-order chi connectivity index (χ0) is 16.3. The SMILES string of the molecule is O=C(CN1CCN(S(=O)(=O)c2ccccc2)CC1)NCC1CC1. The van der Waals surface area contributed by atoms with E-state index in [1.807, 2.05) is 4.90 Å². The van der Waals surface area contributed by atoms with Gasteiger partial charge in [0.1, 0.15) is 0 Å². The van der Waals surface area contributed by atoms with Crippen LogP contribution in [0.25, 0.3) is 0 Å². The number of sulfonamides is 1. The topological polar surface area (TPSA) is 69.7 Å². The van der Waals surface area contributed by atoms with Crippen LogP contribution in [-0.2, 0) is 14.8 Å². The fraction of sp³-hybridized carbons (Fsp3) is 0.562. The van der Waals surface area contributed by atoms with Crippen molar-refractivity contribution in [3.63, 3.8) is 0 Å². The van der Waals surface area contributed by atoms with Crippen LogP contribution >= 0.6 is 0 Å². The van der Waals surface area contributed by atoms with Crippen molar-refractivity contribution in [2.75, 3.05) is 39.3 Å². The van der Waals surface area contributed by atoms with Crippen molar-refractivity contribution in [1.82, 2.24) is 14.5 Å². The molecule has 1 N–H and O–H groups in total. The fourth-order valence-electron chi connectivity index (χ4n) is 2.71. The van der Waals surface area contributed by atoms with Crippen LogP contribution in [0.3, 0.4) is 0 Å². The summed E-state index contributed by atoms with van der Waals surface area (Å²) in [6.45, 7) is 3.15. The maximum atomic E-state index is 12.5. The molecule has 3 rings (SSSR count). The zero-order valence-electron chi connectivity index (χ0n) is 13.1. The van der Waals surface area contributed by atoms with Gasteiger partial charge in [-0.15, -0.1) is 0 Å². The van der Waals surface area contributed by atoms with Gasteiger partial charge in [-0.1, -0.05) is 18.2 Å². The van der Waals surface area contributed by atoms with E-state index < -0.39 is 10.0 Å². The van der Waals surface area contributed by atoms with Crippen molar-refractivity contribution >= 4 is 15.9 Å². The highest BCUT2D eigenvalue weighted by Gasteiger charge is 2.29. The van der Waals surface area contributed by atoms with E-state index in [-0.39, 0.29) is 5.91 Å². The van der Waals surface area contributed by atoms with E-state index in [9.17, 15) is 13.2 Å². The van der Waals surface area contributed by atoms with Gasteiger partial charge in [0.15, 0.2) is 0 Å². The third-order valence-corrected chi connectivity index (χ3v) is 6.28. The summed E-state index contributed by atoms with van der Waals surface area (Å²) in [5.74, 6) is 0.711. The summed E-state index contributed by atoms with van der Waals surface area (Å²) in [6.07, 6.45) is 2.44. The van der Waals surface area contributed by atoms with E-state index in [1.165, 1.54) is 17.1 Å². The highest BCUT2D eigenvalue weighted by molar-refractivity contribution is 7.89. The maximum absolute atomic E-state index is 12.5. The highest BCUT2D eigenvalue weighted by Crippen LogP contribution is 2.27. The summed E-state index contributed by atoms with van der Waals surface area (Å²) in [6, 6.07) is 8.50. The molecule has 0 bridgehead atoms. The minimum absolute atomic E-state index is 0.0382. The number of nitrogens with one attached hydrogen (secondary N) is 1. The van der Waals surface area contributed by atoms with E-state index in [1.54, 1.807) is 30.3 Å². The fourth-order valence-corrected chi connectivity index (χ4v) is 4.15. The normalized spacial score (nSPS) is 20.3. The first-order valence-electron chi connectivity index (χ1n) is 8.10. The number of nitrogens with zero attached hydrogens (tertiary/aromatic N) is 2. The Kier molecular flexibility index (Phi) is 4.99. The molecule has 0 unspecified atom stereocenters. The third kappa shape index (κ3) is 4.31. The molecule has 126 valence electrons. The van der Waals surface area contributed by atoms with E-state index in [2.05, 4.69) is 5.32 Å². The Morgan fingerprint density at radius 2 is 1.74 bits per heavy atom. The predicted molar refractivity (Wildman–Crippen MR) is 87.4 cm³/mol. The molecule has 0 radical (unpaired) electrons. The lowest BCUT2D eigenvalue weighted by atomic mass is 10.3. The number of hydrogen-bond acceptors (Lipinski definition) is 4. The smallest absolute Gasteiger partial charge is 0.243 e. The quantitative estimate of drug-likeness (QED) is 0.822. The second-order valence-corrected chi connectivity index (χ2v) is 8.18. The molecular weight excluding hydrogens is 314 g/mol. The minimum Gasteiger partial charge on any atom is -0.355 e. The lowest BCUT2D eigenvalue weighted by Crippen LogP contribution is -2.51. The largest absolute Gasteiger partial charge is 0.355 e. The average molecular weight is 337 g/mol. The van der Waals surface area contributed by atoms with Crippen LogP contribution in [0.2, 0.25) is 0 Å². The third-order valence-electron chi connectivity index (χ3n) is 4.36. The summed E-state index contributed by atoms with van der Waals surface area (Å²) in [5, 5.41) is 2.95. The summed E-state index contributed by atoms with van der Waals surface area (Å²) in [7, 11) is -3.42. The summed E-state index contributed by atoms with van der Waals surface area (Å²) < 4.78 is 26.6. The minimum atomic E-state index is -3.42. The summed E-state index contributed by atoms with van der Waals surface area (Å²) in [4.78, 5) is 14.2. The Hall–Kier alpha value is -1.44. The number of benzene rings is 1. The second kappa shape index (κ2) is 6.98. The molecular formula is C16H23N3O3S. The van der Waals surface area contributed by atoms with E-state index in [4.69, 9.17) is 0 Å². The molecule has 7 heteroatoms. The van der Waals surface area contributed by atoms with Gasteiger partial charge in [-0.2, -0.15) is 4.31 Å². The van der Waals surface area contributed by atoms with Gasteiger partial charge in [0.25, 0.3) is 0 Å². The maximum Gasteiger partial charge on any atom is 0.243 e. The Morgan fingerprint density at radius 1 is 1.09 bits per heavy atom. The van der Waals surface area contributed by atoms with E-state index in [0.717, 1.165) is 6.54 Å². The van der Waals surface area contributed by atoms with Crippen molar-refractivity contribution in [3.05, 3.63) is 30.3 Å². The van der Waals surface area contributed by atoms with Crippen LogP contribution in [0, 0.1) is 5.92 Å². The van der Waals surface area contributed by atoms with E-state index in [0.29, 0.717) is 43.5 Å². The molecule has 1 aliphatic heterocycles. The van der Waals surface area contributed by atoms with Gasteiger partial charge in [-0.25, -0.2) is 8.42 Å². The zero-order valence-corrected chi connectivity index (χ0v) is 14.0. The molecule has 2 fully saturated rings. The average Bonchev–Trinajstić information content (AvgIpc) is 3.39. The monoisotopic (exact) mass is 337 g/mol. The molecule has 0 spiro atoms. The number of amides is 1. The lowest BCUT2D eigenvalue weighted by molar-refractivity contribution is -0.122. The van der Waals surface area contributed by atoms with Gasteiger partial charge in [-0.05, 0) is 30.9 Å². The Bertz CT molecular complexity index is 636. The van der Waals surface area contributed by atoms with Crippen LogP contribution in [0.1, 0.15) is 12.8 Å². The van der Waals surface area contributed by atoms with Gasteiger partial charge in [0, 0.05) is 32.7 Å². The van der Waals surface area contributed by atoms with Crippen LogP contribution in [0.15, 0.2) is 35.2 Å². The first-order valence-corrected chi connectivity index (χ1v) is 9.54. The first-order chi connectivity index (χ1) is 11.1. The molecule has 1 saturated carbocycles. The second-order valence-electron chi connectivity index (χ2n) is 6.24. The molecule has 1 aromatic rings. The van der Waals surface area contributed by atoms with Crippen molar-refractivity contribution in [1.29, 1.82) is 0 Å². The van der Waals surface area contributed by atoms with Crippen LogP contribution in [0.5, 0.6) is 0 Å². The first kappa shape index (κ1) is 16.4. The lowest BCUT2D eigenvalue weighted by Gasteiger charge is -2.33. The highest BCUT2D eigenvalue weighted by atomic mass is 32.2. The molecule has 1 amide bonds. The van der Waals surface area contributed by atoms with Crippen LogP contribution in [0.4, 0.5) is 0 Å². The molecule has 2 aliphatic rings. The number of carbonyl (C=O) groups is 1. The molecule has 1 aliphatic carbocycles. The molecule has 1 saturated heterocycles. The van der Waals surface area contributed by atoms with E-state index >= 15 is 0 Å². The van der Waals surface area contributed by atoms with Crippen molar-refractivity contribution in [2.45, 2.75) is 17.7 Å². The molecule has 23 heavy (non-hydrogen) atoms. The summed E-state index contributed by atoms with van der Waals surface area (Å²) in [5.41, 5.74) is 0. The Balaban J connectivity index is 1.49. The van der Waals surface area contributed by atoms with Crippen molar-refractivity contribution < 1.29 is 13.2 Å². The van der Waals surface area contributed by atoms with Gasteiger partial charge in [-0.3, -0.25) is 9.69 Å².